The van der Waals surface area contributed by atoms with Crippen LogP contribution in [0.4, 0.5) is 0 Å². The molecular weight excluding hydrogens is 368 g/mol. The minimum absolute atomic E-state index is 0.397. The van der Waals surface area contributed by atoms with Gasteiger partial charge >= 0.3 is 0 Å². The maximum Gasteiger partial charge on any atom is 0.0647 e. The van der Waals surface area contributed by atoms with E-state index in [0.717, 1.165) is 48.9 Å². The lowest BCUT2D eigenvalue weighted by atomic mass is 9.44. The molecule has 5 aliphatic carbocycles. The average molecular weight is 417 g/mol. The molecule has 2 nitrogen and oxygen atoms in total. The van der Waals surface area contributed by atoms with E-state index in [-0.39, 0.29) is 0 Å². The van der Waals surface area contributed by atoms with Gasteiger partial charge < -0.3 is 10.2 Å². The van der Waals surface area contributed by atoms with Crippen molar-refractivity contribution in [3.63, 3.8) is 0 Å². The summed E-state index contributed by atoms with van der Waals surface area (Å²) < 4.78 is 0. The highest BCUT2D eigenvalue weighted by Crippen LogP contribution is 2.68. The second kappa shape index (κ2) is 7.21. The fourth-order valence-electron chi connectivity index (χ4n) is 9.63. The van der Waals surface area contributed by atoms with Crippen LogP contribution < -0.4 is 0 Å². The van der Waals surface area contributed by atoms with Crippen LogP contribution in [-0.2, 0) is 0 Å². The maximum atomic E-state index is 10.7. The second-order valence-corrected chi connectivity index (χ2v) is 13.7. The van der Waals surface area contributed by atoms with Crippen molar-refractivity contribution in [1.82, 2.24) is 0 Å². The van der Waals surface area contributed by atoms with Crippen LogP contribution in [0.5, 0.6) is 0 Å². The smallest absolute Gasteiger partial charge is 0.0647 e. The first kappa shape index (κ1) is 21.7. The lowest BCUT2D eigenvalue weighted by Gasteiger charge is -2.62. The molecule has 172 valence electrons. The molecule has 0 aliphatic heterocycles. The molecule has 2 N–H and O–H groups in total. The highest BCUT2D eigenvalue weighted by molar-refractivity contribution is 5.10. The average Bonchev–Trinajstić information content (AvgIpc) is 3.47. The molecule has 9 atom stereocenters. The van der Waals surface area contributed by atoms with Gasteiger partial charge in [-0.1, -0.05) is 20.3 Å². The minimum Gasteiger partial charge on any atom is -0.390 e. The lowest BCUT2D eigenvalue weighted by molar-refractivity contribution is -0.146. The maximum absolute atomic E-state index is 10.7. The van der Waals surface area contributed by atoms with Crippen LogP contribution in [0.25, 0.3) is 0 Å². The Balaban J connectivity index is 1.25. The van der Waals surface area contributed by atoms with Crippen LogP contribution in [0, 0.1) is 46.3 Å². The standard InChI is InChI=1S/C28H48O2/c1-25(29)16-17-27(3)21(18-25)9-11-22-23-12-10-19(26(23,2)15-13-24(22)27)6-5-14-28(4,30)20-7-8-20/h19-24,29-30H,5-18H2,1-4H3/t19-,21-,22-,23-,24-,25-,26+,27-,28?/m0/s1. The highest BCUT2D eigenvalue weighted by Gasteiger charge is 2.60. The summed E-state index contributed by atoms with van der Waals surface area (Å²) in [7, 11) is 0. The molecule has 5 aliphatic rings. The first-order chi connectivity index (χ1) is 14.1. The molecule has 0 heterocycles. The SMILES string of the molecule is CC(O)(CCC[C@H]1CC[C@H]2[C@@H]3CC[C@H]4C[C@@](C)(O)CC[C@]4(C)[C@H]3CC[C@]12C)C1CC1. The molecule has 30 heavy (non-hydrogen) atoms. The topological polar surface area (TPSA) is 40.5 Å². The van der Waals surface area contributed by atoms with Crippen molar-refractivity contribution >= 4 is 0 Å². The largest absolute Gasteiger partial charge is 0.390 e. The van der Waals surface area contributed by atoms with E-state index in [4.69, 9.17) is 0 Å². The van der Waals surface area contributed by atoms with E-state index >= 15 is 0 Å². The third-order valence-electron chi connectivity index (χ3n) is 11.8. The van der Waals surface area contributed by atoms with Crippen molar-refractivity contribution in [1.29, 1.82) is 0 Å². The van der Waals surface area contributed by atoms with Crippen molar-refractivity contribution in [3.8, 4) is 0 Å². The van der Waals surface area contributed by atoms with Crippen LogP contribution in [0.15, 0.2) is 0 Å². The number of aliphatic hydroxyl groups is 2. The Labute approximate surface area is 185 Å². The molecule has 0 aromatic heterocycles. The zero-order valence-electron chi connectivity index (χ0n) is 20.3. The van der Waals surface area contributed by atoms with Crippen molar-refractivity contribution in [2.45, 2.75) is 129 Å². The van der Waals surface area contributed by atoms with E-state index in [2.05, 4.69) is 27.7 Å². The van der Waals surface area contributed by atoms with E-state index in [1.165, 1.54) is 70.6 Å². The summed E-state index contributed by atoms with van der Waals surface area (Å²) in [5, 5.41) is 21.4. The Kier molecular flexibility index (Phi) is 5.23. The van der Waals surface area contributed by atoms with Crippen LogP contribution >= 0.6 is 0 Å². The summed E-state index contributed by atoms with van der Waals surface area (Å²) in [6.07, 6.45) is 17.9. The Hall–Kier alpha value is -0.0800. The van der Waals surface area contributed by atoms with E-state index in [0.29, 0.717) is 16.7 Å². The number of hydrogen-bond acceptors (Lipinski definition) is 2. The van der Waals surface area contributed by atoms with Gasteiger partial charge in [-0.05, 0) is 144 Å². The monoisotopic (exact) mass is 416 g/mol. The normalized spacial score (nSPS) is 52.8. The van der Waals surface area contributed by atoms with Crippen LogP contribution in [-0.4, -0.2) is 21.4 Å². The van der Waals surface area contributed by atoms with Crippen LogP contribution in [0.2, 0.25) is 0 Å². The second-order valence-electron chi connectivity index (χ2n) is 13.7. The Bertz CT molecular complexity index is 649. The zero-order valence-corrected chi connectivity index (χ0v) is 20.3. The van der Waals surface area contributed by atoms with E-state index < -0.39 is 11.2 Å². The molecule has 0 amide bonds. The summed E-state index contributed by atoms with van der Waals surface area (Å²) in [5.41, 5.74) is 0.218. The van der Waals surface area contributed by atoms with Gasteiger partial charge in [0.15, 0.2) is 0 Å². The third kappa shape index (κ3) is 3.51. The molecule has 0 spiro atoms. The third-order valence-corrected chi connectivity index (χ3v) is 11.8. The van der Waals surface area contributed by atoms with E-state index in [1.54, 1.807) is 0 Å². The first-order valence-corrected chi connectivity index (χ1v) is 13.5. The molecular formula is C28H48O2. The summed E-state index contributed by atoms with van der Waals surface area (Å²) in [6.45, 7) is 9.44. The Morgan fingerprint density at radius 3 is 2.30 bits per heavy atom. The van der Waals surface area contributed by atoms with E-state index in [1.807, 2.05) is 0 Å². The molecule has 2 heteroatoms. The van der Waals surface area contributed by atoms with Gasteiger partial charge in [-0.3, -0.25) is 0 Å². The quantitative estimate of drug-likeness (QED) is 0.522. The molecule has 1 unspecified atom stereocenters. The fourth-order valence-corrected chi connectivity index (χ4v) is 9.63. The number of hydrogen-bond donors (Lipinski definition) is 2. The van der Waals surface area contributed by atoms with E-state index in [9.17, 15) is 10.2 Å². The van der Waals surface area contributed by atoms with Gasteiger partial charge in [-0.25, -0.2) is 0 Å². The molecule has 5 rings (SSSR count). The van der Waals surface area contributed by atoms with Crippen molar-refractivity contribution in [2.75, 3.05) is 0 Å². The minimum atomic E-state index is -0.416. The molecule has 0 radical (unpaired) electrons. The Morgan fingerprint density at radius 2 is 1.57 bits per heavy atom. The van der Waals surface area contributed by atoms with Crippen molar-refractivity contribution < 1.29 is 10.2 Å². The van der Waals surface area contributed by atoms with Gasteiger partial charge in [-0.2, -0.15) is 0 Å². The van der Waals surface area contributed by atoms with Gasteiger partial charge in [0.2, 0.25) is 0 Å². The predicted molar refractivity (Wildman–Crippen MR) is 123 cm³/mol. The first-order valence-electron chi connectivity index (χ1n) is 13.5. The summed E-state index contributed by atoms with van der Waals surface area (Å²) in [4.78, 5) is 0. The van der Waals surface area contributed by atoms with Crippen LogP contribution in [0.3, 0.4) is 0 Å². The van der Waals surface area contributed by atoms with Crippen LogP contribution in [0.1, 0.15) is 118 Å². The summed E-state index contributed by atoms with van der Waals surface area (Å²) in [6, 6.07) is 0. The lowest BCUT2D eigenvalue weighted by Crippen LogP contribution is -2.55. The number of fused-ring (bicyclic) bond motifs is 5. The van der Waals surface area contributed by atoms with Gasteiger partial charge in [-0.15, -0.1) is 0 Å². The van der Waals surface area contributed by atoms with Crippen molar-refractivity contribution in [3.05, 3.63) is 0 Å². The molecule has 0 saturated heterocycles. The fraction of sp³-hybridized carbons (Fsp3) is 1.00. The van der Waals surface area contributed by atoms with Gasteiger partial charge in [0.25, 0.3) is 0 Å². The Morgan fingerprint density at radius 1 is 0.833 bits per heavy atom. The zero-order chi connectivity index (χ0) is 21.4. The molecule has 0 bridgehead atoms. The highest BCUT2D eigenvalue weighted by atomic mass is 16.3. The summed E-state index contributed by atoms with van der Waals surface area (Å²) >= 11 is 0. The molecule has 5 fully saturated rings. The predicted octanol–water partition coefficient (Wildman–Crippen LogP) is 6.73. The van der Waals surface area contributed by atoms with Gasteiger partial charge in [0.05, 0.1) is 11.2 Å². The molecule has 5 saturated carbocycles. The summed E-state index contributed by atoms with van der Waals surface area (Å²) in [5.74, 6) is 5.00. The van der Waals surface area contributed by atoms with Crippen molar-refractivity contribution in [2.24, 2.45) is 46.3 Å². The molecule has 0 aromatic rings. The van der Waals surface area contributed by atoms with Gasteiger partial charge in [0.1, 0.15) is 0 Å². The molecule has 0 aromatic carbocycles. The van der Waals surface area contributed by atoms with Gasteiger partial charge in [0, 0.05) is 0 Å². The number of rotatable bonds is 5.